The van der Waals surface area contributed by atoms with Gasteiger partial charge in [-0.2, -0.15) is 5.26 Å². The number of benzene rings is 1. The molecular weight excluding hydrogens is 270 g/mol. The molecule has 0 aliphatic carbocycles. The predicted molar refractivity (Wildman–Crippen MR) is 81.9 cm³/mol. The standard InChI is InChI=1S/C16H16ClN3/c1-16(2,12-6-4-3-5-7-12)11-19-15-9-8-13(17)14(10-18)20-15/h3-9H,11H2,1-2H3,(H,19,20). The second-order valence-electron chi connectivity index (χ2n) is 5.24. The number of nitrogens with zero attached hydrogens (tertiary/aromatic N) is 2. The van der Waals surface area contributed by atoms with E-state index < -0.39 is 0 Å². The molecule has 3 nitrogen and oxygen atoms in total. The van der Waals surface area contributed by atoms with Gasteiger partial charge in [0.25, 0.3) is 0 Å². The van der Waals surface area contributed by atoms with Gasteiger partial charge in [-0.3, -0.25) is 0 Å². The third-order valence-corrected chi connectivity index (χ3v) is 3.52. The van der Waals surface area contributed by atoms with E-state index in [-0.39, 0.29) is 11.1 Å². The molecule has 1 N–H and O–H groups in total. The Labute approximate surface area is 124 Å². The molecule has 0 radical (unpaired) electrons. The van der Waals surface area contributed by atoms with Crippen LogP contribution in [0.3, 0.4) is 0 Å². The lowest BCUT2D eigenvalue weighted by Crippen LogP contribution is -2.27. The summed E-state index contributed by atoms with van der Waals surface area (Å²) in [6.45, 7) is 5.05. The number of anilines is 1. The van der Waals surface area contributed by atoms with Crippen molar-refractivity contribution in [1.82, 2.24) is 4.98 Å². The Morgan fingerprint density at radius 3 is 2.55 bits per heavy atom. The van der Waals surface area contributed by atoms with Crippen molar-refractivity contribution >= 4 is 17.4 Å². The highest BCUT2D eigenvalue weighted by atomic mass is 35.5. The molecule has 0 fully saturated rings. The Morgan fingerprint density at radius 1 is 1.20 bits per heavy atom. The number of halogens is 1. The maximum Gasteiger partial charge on any atom is 0.161 e. The minimum Gasteiger partial charge on any atom is -0.369 e. The van der Waals surface area contributed by atoms with Crippen LogP contribution < -0.4 is 5.32 Å². The summed E-state index contributed by atoms with van der Waals surface area (Å²) in [4.78, 5) is 4.18. The number of hydrogen-bond donors (Lipinski definition) is 1. The van der Waals surface area contributed by atoms with E-state index >= 15 is 0 Å². The Hall–Kier alpha value is -2.05. The Kier molecular flexibility index (Phi) is 4.26. The molecule has 0 atom stereocenters. The largest absolute Gasteiger partial charge is 0.369 e. The Bertz CT molecular complexity index is 630. The van der Waals surface area contributed by atoms with Crippen molar-refractivity contribution in [2.24, 2.45) is 0 Å². The molecule has 0 bridgehead atoms. The molecule has 102 valence electrons. The highest BCUT2D eigenvalue weighted by Gasteiger charge is 2.20. The van der Waals surface area contributed by atoms with Gasteiger partial charge >= 0.3 is 0 Å². The summed E-state index contributed by atoms with van der Waals surface area (Å²) in [6, 6.07) is 15.7. The van der Waals surface area contributed by atoms with Crippen LogP contribution in [0, 0.1) is 11.3 Å². The van der Waals surface area contributed by atoms with Crippen LogP contribution in [0.2, 0.25) is 5.02 Å². The highest BCUT2D eigenvalue weighted by molar-refractivity contribution is 6.31. The number of aromatic nitrogens is 1. The SMILES string of the molecule is CC(C)(CNc1ccc(Cl)c(C#N)n1)c1ccccc1. The van der Waals surface area contributed by atoms with E-state index in [0.717, 1.165) is 6.54 Å². The molecule has 0 saturated carbocycles. The van der Waals surface area contributed by atoms with Gasteiger partial charge in [0.1, 0.15) is 11.9 Å². The summed E-state index contributed by atoms with van der Waals surface area (Å²) in [6.07, 6.45) is 0. The maximum absolute atomic E-state index is 8.92. The monoisotopic (exact) mass is 285 g/mol. The molecule has 0 amide bonds. The van der Waals surface area contributed by atoms with Crippen LogP contribution in [-0.4, -0.2) is 11.5 Å². The molecule has 1 aromatic carbocycles. The zero-order valence-electron chi connectivity index (χ0n) is 11.5. The topological polar surface area (TPSA) is 48.7 Å². The molecule has 20 heavy (non-hydrogen) atoms. The zero-order chi connectivity index (χ0) is 14.6. The molecule has 0 spiro atoms. The molecular formula is C16H16ClN3. The quantitative estimate of drug-likeness (QED) is 0.924. The lowest BCUT2D eigenvalue weighted by molar-refractivity contribution is 0.556. The Morgan fingerprint density at radius 2 is 1.90 bits per heavy atom. The van der Waals surface area contributed by atoms with Crippen molar-refractivity contribution in [1.29, 1.82) is 5.26 Å². The van der Waals surface area contributed by atoms with Crippen LogP contribution in [0.1, 0.15) is 25.1 Å². The van der Waals surface area contributed by atoms with Gasteiger partial charge in [0.15, 0.2) is 5.69 Å². The van der Waals surface area contributed by atoms with E-state index in [1.54, 1.807) is 12.1 Å². The van der Waals surface area contributed by atoms with Crippen molar-refractivity contribution in [2.45, 2.75) is 19.3 Å². The van der Waals surface area contributed by atoms with Crippen molar-refractivity contribution in [3.8, 4) is 6.07 Å². The van der Waals surface area contributed by atoms with Crippen molar-refractivity contribution in [2.75, 3.05) is 11.9 Å². The van der Waals surface area contributed by atoms with Crippen LogP contribution in [0.25, 0.3) is 0 Å². The van der Waals surface area contributed by atoms with Gasteiger partial charge in [0, 0.05) is 12.0 Å². The van der Waals surface area contributed by atoms with Gasteiger partial charge in [0.05, 0.1) is 5.02 Å². The fourth-order valence-corrected chi connectivity index (χ4v) is 2.07. The van der Waals surface area contributed by atoms with Gasteiger partial charge in [-0.05, 0) is 17.7 Å². The Balaban J connectivity index is 2.11. The molecule has 2 rings (SSSR count). The average molecular weight is 286 g/mol. The summed E-state index contributed by atoms with van der Waals surface area (Å²) in [5.74, 6) is 0.662. The van der Waals surface area contributed by atoms with Crippen molar-refractivity contribution < 1.29 is 0 Å². The van der Waals surface area contributed by atoms with Gasteiger partial charge < -0.3 is 5.32 Å². The molecule has 1 aromatic heterocycles. The normalized spacial score (nSPS) is 10.9. The van der Waals surface area contributed by atoms with Crippen LogP contribution in [0.15, 0.2) is 42.5 Å². The first-order valence-electron chi connectivity index (χ1n) is 6.39. The first-order valence-corrected chi connectivity index (χ1v) is 6.77. The summed E-state index contributed by atoms with van der Waals surface area (Å²) in [5, 5.41) is 12.6. The van der Waals surface area contributed by atoms with E-state index in [1.807, 2.05) is 24.3 Å². The van der Waals surface area contributed by atoms with E-state index in [9.17, 15) is 0 Å². The fraction of sp³-hybridized carbons (Fsp3) is 0.250. The van der Waals surface area contributed by atoms with E-state index in [0.29, 0.717) is 10.8 Å². The number of rotatable bonds is 4. The van der Waals surface area contributed by atoms with Gasteiger partial charge in [-0.1, -0.05) is 55.8 Å². The molecule has 0 saturated heterocycles. The molecule has 0 aliphatic heterocycles. The summed E-state index contributed by atoms with van der Waals surface area (Å²) in [5.41, 5.74) is 1.46. The van der Waals surface area contributed by atoms with E-state index in [1.165, 1.54) is 5.56 Å². The molecule has 1 heterocycles. The summed E-state index contributed by atoms with van der Waals surface area (Å²) < 4.78 is 0. The summed E-state index contributed by atoms with van der Waals surface area (Å²) in [7, 11) is 0. The number of hydrogen-bond acceptors (Lipinski definition) is 3. The zero-order valence-corrected chi connectivity index (χ0v) is 12.3. The highest BCUT2D eigenvalue weighted by Crippen LogP contribution is 2.23. The van der Waals surface area contributed by atoms with Gasteiger partial charge in [-0.15, -0.1) is 0 Å². The van der Waals surface area contributed by atoms with Crippen molar-refractivity contribution in [3.05, 3.63) is 58.7 Å². The molecule has 4 heteroatoms. The lowest BCUT2D eigenvalue weighted by Gasteiger charge is -2.26. The second-order valence-corrected chi connectivity index (χ2v) is 5.65. The van der Waals surface area contributed by atoms with Crippen LogP contribution in [-0.2, 0) is 5.41 Å². The van der Waals surface area contributed by atoms with Crippen LogP contribution >= 0.6 is 11.6 Å². The van der Waals surface area contributed by atoms with E-state index in [2.05, 4.69) is 36.3 Å². The van der Waals surface area contributed by atoms with Gasteiger partial charge in [0.2, 0.25) is 0 Å². The van der Waals surface area contributed by atoms with Crippen LogP contribution in [0.4, 0.5) is 5.82 Å². The first-order chi connectivity index (χ1) is 9.53. The second kappa shape index (κ2) is 5.94. The van der Waals surface area contributed by atoms with Gasteiger partial charge in [-0.25, -0.2) is 4.98 Å². The fourth-order valence-electron chi connectivity index (χ4n) is 1.92. The third kappa shape index (κ3) is 3.28. The molecule has 2 aromatic rings. The minimum absolute atomic E-state index is 0.0324. The summed E-state index contributed by atoms with van der Waals surface area (Å²) >= 11 is 5.87. The predicted octanol–water partition coefficient (Wildman–Crippen LogP) is 4.00. The minimum atomic E-state index is -0.0324. The number of nitriles is 1. The average Bonchev–Trinajstić information content (AvgIpc) is 2.47. The number of nitrogens with one attached hydrogen (secondary N) is 1. The number of pyridine rings is 1. The van der Waals surface area contributed by atoms with E-state index in [4.69, 9.17) is 16.9 Å². The van der Waals surface area contributed by atoms with Crippen molar-refractivity contribution in [3.63, 3.8) is 0 Å². The smallest absolute Gasteiger partial charge is 0.161 e. The third-order valence-electron chi connectivity index (χ3n) is 3.22. The molecule has 0 unspecified atom stereocenters. The molecule has 0 aliphatic rings. The lowest BCUT2D eigenvalue weighted by atomic mass is 9.84. The first kappa shape index (κ1) is 14.4. The van der Waals surface area contributed by atoms with Crippen LogP contribution in [0.5, 0.6) is 0 Å². The maximum atomic E-state index is 8.92.